The molecule has 0 aromatic heterocycles. The van der Waals surface area contributed by atoms with Crippen LogP contribution in [-0.4, -0.2) is 89.7 Å². The van der Waals surface area contributed by atoms with Gasteiger partial charge in [-0.25, -0.2) is 19.4 Å². The van der Waals surface area contributed by atoms with Crippen LogP contribution < -0.4 is 34.9 Å². The Balaban J connectivity index is -0.000000527. The molecule has 0 saturated carbocycles. The van der Waals surface area contributed by atoms with Crippen LogP contribution in [0.1, 0.15) is 47.8 Å². The Labute approximate surface area is 301 Å². The summed E-state index contributed by atoms with van der Waals surface area (Å²) in [5.41, 5.74) is 3.71. The number of ether oxygens (including phenoxy) is 2. The molecule has 0 unspecified atom stereocenters. The van der Waals surface area contributed by atoms with E-state index in [4.69, 9.17) is 22.3 Å². The second-order valence-electron chi connectivity index (χ2n) is 8.74. The zero-order valence-corrected chi connectivity index (χ0v) is 29.6. The van der Waals surface area contributed by atoms with E-state index in [0.717, 1.165) is 90.4 Å². The minimum absolute atomic E-state index is 0. The summed E-state index contributed by atoms with van der Waals surface area (Å²) in [5, 5.41) is 3.16. The molecule has 0 bridgehead atoms. The van der Waals surface area contributed by atoms with Gasteiger partial charge in [0.15, 0.2) is 0 Å². The third kappa shape index (κ3) is 28.3. The molecular weight excluding hydrogens is 626 g/mol. The van der Waals surface area contributed by atoms with Crippen LogP contribution in [0.3, 0.4) is 0 Å². The van der Waals surface area contributed by atoms with Crippen molar-refractivity contribution in [3.05, 3.63) is 70.8 Å². The maximum absolute atomic E-state index is 10.2. The second kappa shape index (κ2) is 31.8. The Morgan fingerprint density at radius 1 is 0.826 bits per heavy atom. The number of morpholine rings is 2. The van der Waals surface area contributed by atoms with E-state index in [2.05, 4.69) is 56.7 Å². The molecule has 2 fully saturated rings. The van der Waals surface area contributed by atoms with E-state index >= 15 is 0 Å². The number of benzene rings is 2. The molecule has 2 aromatic rings. The SMILES string of the molecule is C#Cc1ccc(C=O)cc1.C#Cc1ccc(CN2CCOCC2)cc1.C1COCCN1.CC(=O)OOC(C)=O.Cl.[B-]OC(C)=O.[Na+]. The van der Waals surface area contributed by atoms with Gasteiger partial charge in [-0.3, -0.25) is 14.5 Å². The Morgan fingerprint density at radius 2 is 1.24 bits per heavy atom. The fourth-order valence-corrected chi connectivity index (χ4v) is 3.01. The normalized spacial score (nSPS) is 12.7. The molecule has 1 N–H and O–H groups in total. The topological polar surface area (TPSA) is 130 Å². The van der Waals surface area contributed by atoms with Crippen LogP contribution in [0.25, 0.3) is 0 Å². The summed E-state index contributed by atoms with van der Waals surface area (Å²) < 4.78 is 13.9. The molecule has 2 aromatic carbocycles. The average Bonchev–Trinajstić information content (AvgIpc) is 3.06. The first kappa shape index (κ1) is 47.2. The van der Waals surface area contributed by atoms with Gasteiger partial charge in [0.05, 0.1) is 26.4 Å². The van der Waals surface area contributed by atoms with Gasteiger partial charge >= 0.3 is 41.5 Å². The summed E-state index contributed by atoms with van der Waals surface area (Å²) in [7, 11) is 4.32. The quantitative estimate of drug-likeness (QED) is 0.152. The van der Waals surface area contributed by atoms with E-state index in [9.17, 15) is 19.2 Å². The summed E-state index contributed by atoms with van der Waals surface area (Å²) in [6, 6.07) is 15.1. The van der Waals surface area contributed by atoms with E-state index in [1.807, 2.05) is 12.1 Å². The Morgan fingerprint density at radius 3 is 1.54 bits per heavy atom. The number of hydrogen-bond acceptors (Lipinski definition) is 11. The summed E-state index contributed by atoms with van der Waals surface area (Å²) in [6.45, 7) is 12.1. The molecule has 0 amide bonds. The van der Waals surface area contributed by atoms with E-state index in [-0.39, 0.29) is 42.0 Å². The zero-order valence-electron chi connectivity index (χ0n) is 26.8. The number of halogens is 1. The first-order chi connectivity index (χ1) is 21.1. The molecule has 0 spiro atoms. The van der Waals surface area contributed by atoms with Gasteiger partial charge in [-0.1, -0.05) is 36.1 Å². The average molecular weight is 666 g/mol. The van der Waals surface area contributed by atoms with Crippen LogP contribution in [-0.2, 0) is 44.8 Å². The standard InChI is InChI=1S/C13H15NO.C9H6O.C4H9NO.C4H6O4.C2H3BO2.ClH.Na/c1-2-12-3-5-13(6-4-12)11-14-7-9-15-10-8-14;1-2-8-3-5-9(7-10)6-4-8;1-3-6-4-2-5-1;1-3(5)7-8-4(2)6;1-2(4)5-3;;/h1,3-6H,7-11H2;1,3-7H;5H,1-4H2;1-2H3;1H3;1H;/q;;;;-1;;+1. The Kier molecular flexibility index (Phi) is 32.7. The predicted molar refractivity (Wildman–Crippen MR) is 172 cm³/mol. The van der Waals surface area contributed by atoms with Gasteiger partial charge in [-0.15, -0.1) is 25.3 Å². The third-order valence-electron chi connectivity index (χ3n) is 5.13. The minimum Gasteiger partial charge on any atom is -0.793 e. The number of rotatable bonds is 3. The Hall–Kier alpha value is -3.17. The zero-order chi connectivity index (χ0) is 33.0. The molecule has 2 heterocycles. The summed E-state index contributed by atoms with van der Waals surface area (Å²) in [6.07, 6.45) is 11.2. The first-order valence-corrected chi connectivity index (χ1v) is 13.5. The third-order valence-corrected chi connectivity index (χ3v) is 5.13. The molecular formula is C32H40BClN2NaO9. The number of terminal acetylenes is 2. The largest absolute Gasteiger partial charge is 1.00 e. The number of nitrogens with one attached hydrogen (secondary N) is 1. The van der Waals surface area contributed by atoms with Crippen molar-refractivity contribution in [2.75, 3.05) is 52.6 Å². The number of carbonyl (C=O) groups excluding carboxylic acids is 4. The van der Waals surface area contributed by atoms with Gasteiger partial charge in [0.1, 0.15) is 6.29 Å². The van der Waals surface area contributed by atoms with Gasteiger partial charge < -0.3 is 27.5 Å². The van der Waals surface area contributed by atoms with Crippen molar-refractivity contribution < 1.29 is 72.6 Å². The van der Waals surface area contributed by atoms with Crippen molar-refractivity contribution >= 4 is 44.7 Å². The van der Waals surface area contributed by atoms with Crippen LogP contribution in [0.5, 0.6) is 0 Å². The molecule has 243 valence electrons. The first-order valence-electron chi connectivity index (χ1n) is 13.5. The maximum atomic E-state index is 10.2. The Bertz CT molecular complexity index is 1170. The molecule has 2 aliphatic rings. The molecule has 3 radical (unpaired) electrons. The van der Waals surface area contributed by atoms with Crippen molar-refractivity contribution in [1.29, 1.82) is 0 Å². The number of nitrogens with zero attached hydrogens (tertiary/aromatic N) is 1. The van der Waals surface area contributed by atoms with Crippen molar-refractivity contribution in [3.63, 3.8) is 0 Å². The fourth-order valence-electron chi connectivity index (χ4n) is 3.01. The fraction of sp³-hybridized carbons (Fsp3) is 0.375. The molecule has 2 saturated heterocycles. The maximum Gasteiger partial charge on any atom is 1.00 e. The van der Waals surface area contributed by atoms with Crippen LogP contribution in [0.15, 0.2) is 48.5 Å². The van der Waals surface area contributed by atoms with Crippen molar-refractivity contribution in [3.8, 4) is 24.7 Å². The van der Waals surface area contributed by atoms with Crippen molar-refractivity contribution in [1.82, 2.24) is 10.2 Å². The molecule has 0 aliphatic carbocycles. The van der Waals surface area contributed by atoms with Gasteiger partial charge in [-0.2, -0.15) is 0 Å². The van der Waals surface area contributed by atoms with Crippen LogP contribution in [0.4, 0.5) is 0 Å². The molecule has 11 nitrogen and oxygen atoms in total. The minimum atomic E-state index is -0.639. The molecule has 0 atom stereocenters. The second-order valence-corrected chi connectivity index (χ2v) is 8.74. The number of aldehydes is 1. The number of carbonyl (C=O) groups is 4. The summed E-state index contributed by atoms with van der Waals surface area (Å²) >= 11 is 0. The van der Waals surface area contributed by atoms with Gasteiger partial charge in [-0.05, 0) is 29.8 Å². The van der Waals surface area contributed by atoms with E-state index < -0.39 is 17.9 Å². The van der Waals surface area contributed by atoms with Gasteiger partial charge in [0, 0.05) is 70.2 Å². The monoisotopic (exact) mass is 665 g/mol. The predicted octanol–water partition coefficient (Wildman–Crippen LogP) is -0.327. The van der Waals surface area contributed by atoms with E-state index in [1.54, 1.807) is 24.3 Å². The van der Waals surface area contributed by atoms with Crippen molar-refractivity contribution in [2.45, 2.75) is 27.3 Å². The molecule has 2 aliphatic heterocycles. The van der Waals surface area contributed by atoms with E-state index in [1.165, 1.54) is 12.5 Å². The molecule has 4 rings (SSSR count). The van der Waals surface area contributed by atoms with Crippen LogP contribution >= 0.6 is 12.4 Å². The van der Waals surface area contributed by atoms with E-state index in [0.29, 0.717) is 5.56 Å². The smallest absolute Gasteiger partial charge is 0.793 e. The van der Waals surface area contributed by atoms with Crippen LogP contribution in [0.2, 0.25) is 0 Å². The van der Waals surface area contributed by atoms with Gasteiger partial charge in [0.2, 0.25) is 5.97 Å². The summed E-state index contributed by atoms with van der Waals surface area (Å²) in [4.78, 5) is 49.3. The summed E-state index contributed by atoms with van der Waals surface area (Å²) in [5.74, 6) is 3.34. The molecule has 46 heavy (non-hydrogen) atoms. The number of hydrogen-bond donors (Lipinski definition) is 1. The van der Waals surface area contributed by atoms with Gasteiger partial charge in [0.25, 0.3) is 0 Å². The van der Waals surface area contributed by atoms with Crippen molar-refractivity contribution in [2.24, 2.45) is 0 Å². The van der Waals surface area contributed by atoms with Crippen LogP contribution in [0, 0.1) is 24.7 Å². The molecule has 14 heteroatoms.